The fourth-order valence-corrected chi connectivity index (χ4v) is 2.44. The van der Waals surface area contributed by atoms with E-state index < -0.39 is 0 Å². The zero-order valence-corrected chi connectivity index (χ0v) is 12.9. The van der Waals surface area contributed by atoms with Crippen LogP contribution in [0.3, 0.4) is 0 Å². The third kappa shape index (κ3) is 4.41. The summed E-state index contributed by atoms with van der Waals surface area (Å²) in [5, 5.41) is 2.94. The van der Waals surface area contributed by atoms with Crippen LogP contribution in [-0.4, -0.2) is 10.9 Å². The maximum absolute atomic E-state index is 12.2. The molecular weight excluding hydrogens is 292 g/mol. The number of carbonyl (C=O) groups excluding carboxylic acids is 1. The van der Waals surface area contributed by atoms with Gasteiger partial charge in [-0.15, -0.1) is 0 Å². The lowest BCUT2D eigenvalue weighted by Gasteiger charge is -2.15. The molecule has 0 radical (unpaired) electrons. The molecule has 3 nitrogen and oxygen atoms in total. The van der Waals surface area contributed by atoms with E-state index >= 15 is 0 Å². The summed E-state index contributed by atoms with van der Waals surface area (Å²) in [4.78, 5) is 16.4. The Morgan fingerprint density at radius 2 is 2.00 bits per heavy atom. The van der Waals surface area contributed by atoms with E-state index in [1.807, 2.05) is 13.0 Å². The summed E-state index contributed by atoms with van der Waals surface area (Å²) in [6.45, 7) is 6.17. The first kappa shape index (κ1) is 15.2. The maximum Gasteiger partial charge on any atom is 0.228 e. The summed E-state index contributed by atoms with van der Waals surface area (Å²) in [5.74, 6) is 0.863. The van der Waals surface area contributed by atoms with Crippen LogP contribution in [0.25, 0.3) is 0 Å². The van der Waals surface area contributed by atoms with Gasteiger partial charge in [0.05, 0.1) is 0 Å². The topological polar surface area (TPSA) is 42.0 Å². The first-order chi connectivity index (χ1) is 8.58. The predicted octanol–water partition coefficient (Wildman–Crippen LogP) is 4.31. The van der Waals surface area contributed by atoms with Crippen LogP contribution in [0.5, 0.6) is 0 Å². The molecular formula is C14H21BrN2O. The highest BCUT2D eigenvalue weighted by Crippen LogP contribution is 2.20. The van der Waals surface area contributed by atoms with Gasteiger partial charge in [-0.3, -0.25) is 4.79 Å². The maximum atomic E-state index is 12.2. The largest absolute Gasteiger partial charge is 0.310 e. The number of amides is 1. The Hall–Kier alpha value is -0.900. The molecule has 0 fully saturated rings. The number of rotatable bonds is 6. The summed E-state index contributed by atoms with van der Waals surface area (Å²) < 4.78 is 0.927. The Labute approximate surface area is 118 Å². The molecule has 0 bridgehead atoms. The van der Waals surface area contributed by atoms with Gasteiger partial charge in [0.1, 0.15) is 5.82 Å². The second-order valence-corrected chi connectivity index (χ2v) is 5.50. The molecule has 1 rings (SSSR count). The van der Waals surface area contributed by atoms with Crippen molar-refractivity contribution in [3.05, 3.63) is 22.3 Å². The minimum atomic E-state index is 0.0941. The normalized spacial score (nSPS) is 10.7. The average molecular weight is 313 g/mol. The second-order valence-electron chi connectivity index (χ2n) is 4.58. The smallest absolute Gasteiger partial charge is 0.228 e. The van der Waals surface area contributed by atoms with E-state index in [9.17, 15) is 4.79 Å². The van der Waals surface area contributed by atoms with Crippen molar-refractivity contribution in [1.29, 1.82) is 0 Å². The number of hydrogen-bond acceptors (Lipinski definition) is 2. The Morgan fingerprint density at radius 3 is 2.50 bits per heavy atom. The van der Waals surface area contributed by atoms with Gasteiger partial charge in [0.2, 0.25) is 5.91 Å². The molecule has 0 atom stereocenters. The van der Waals surface area contributed by atoms with Crippen LogP contribution in [0.15, 0.2) is 16.7 Å². The molecule has 18 heavy (non-hydrogen) atoms. The van der Waals surface area contributed by atoms with Crippen LogP contribution < -0.4 is 5.32 Å². The van der Waals surface area contributed by atoms with Crippen molar-refractivity contribution in [3.8, 4) is 0 Å². The summed E-state index contributed by atoms with van der Waals surface area (Å²) in [6.07, 6.45) is 5.65. The van der Waals surface area contributed by atoms with Gasteiger partial charge < -0.3 is 5.32 Å². The Morgan fingerprint density at radius 1 is 1.39 bits per heavy atom. The lowest BCUT2D eigenvalue weighted by molar-refractivity contribution is -0.120. The van der Waals surface area contributed by atoms with E-state index in [1.165, 1.54) is 0 Å². The van der Waals surface area contributed by atoms with Gasteiger partial charge in [-0.25, -0.2) is 4.98 Å². The van der Waals surface area contributed by atoms with Gasteiger partial charge in [-0.1, -0.05) is 26.7 Å². The van der Waals surface area contributed by atoms with Crippen LogP contribution in [0.2, 0.25) is 0 Å². The molecule has 0 aliphatic heterocycles. The quantitative estimate of drug-likeness (QED) is 0.850. The van der Waals surface area contributed by atoms with E-state index in [-0.39, 0.29) is 11.8 Å². The molecule has 1 aromatic rings. The van der Waals surface area contributed by atoms with Crippen LogP contribution in [0, 0.1) is 12.8 Å². The third-order valence-corrected chi connectivity index (χ3v) is 3.37. The second kappa shape index (κ2) is 7.52. The molecule has 100 valence electrons. The molecule has 0 aliphatic rings. The number of nitrogens with zero attached hydrogens (tertiary/aromatic N) is 1. The van der Waals surface area contributed by atoms with Gasteiger partial charge in [0.25, 0.3) is 0 Å². The van der Waals surface area contributed by atoms with E-state index in [0.29, 0.717) is 5.82 Å². The number of nitrogens with one attached hydrogen (secondary N) is 1. The number of halogens is 1. The highest BCUT2D eigenvalue weighted by Gasteiger charge is 2.17. The van der Waals surface area contributed by atoms with E-state index in [0.717, 1.165) is 35.7 Å². The van der Waals surface area contributed by atoms with Crippen molar-refractivity contribution in [2.24, 2.45) is 5.92 Å². The van der Waals surface area contributed by atoms with Gasteiger partial charge in [-0.2, -0.15) is 0 Å². The van der Waals surface area contributed by atoms with Crippen molar-refractivity contribution < 1.29 is 4.79 Å². The van der Waals surface area contributed by atoms with E-state index in [2.05, 4.69) is 40.1 Å². The SMILES string of the molecule is CCCC(CCC)C(=O)Nc1ncc(Br)cc1C. The fourth-order valence-electron chi connectivity index (χ4n) is 1.99. The number of anilines is 1. The predicted molar refractivity (Wildman–Crippen MR) is 78.6 cm³/mol. The highest BCUT2D eigenvalue weighted by atomic mass is 79.9. The molecule has 0 spiro atoms. The lowest BCUT2D eigenvalue weighted by Crippen LogP contribution is -2.23. The van der Waals surface area contributed by atoms with Crippen LogP contribution >= 0.6 is 15.9 Å². The van der Waals surface area contributed by atoms with E-state index in [1.54, 1.807) is 6.20 Å². The Balaban J connectivity index is 2.72. The summed E-state index contributed by atoms with van der Waals surface area (Å²) >= 11 is 3.37. The van der Waals surface area contributed by atoms with Crippen molar-refractivity contribution in [2.75, 3.05) is 5.32 Å². The van der Waals surface area contributed by atoms with Gasteiger partial charge in [-0.05, 0) is 47.3 Å². The molecule has 0 saturated heterocycles. The van der Waals surface area contributed by atoms with Crippen LogP contribution in [0.4, 0.5) is 5.82 Å². The molecule has 1 heterocycles. The Kier molecular flexibility index (Phi) is 6.33. The van der Waals surface area contributed by atoms with Crippen molar-refractivity contribution >= 4 is 27.7 Å². The van der Waals surface area contributed by atoms with Gasteiger partial charge in [0, 0.05) is 16.6 Å². The van der Waals surface area contributed by atoms with Crippen molar-refractivity contribution in [2.45, 2.75) is 46.5 Å². The van der Waals surface area contributed by atoms with Gasteiger partial charge in [0.15, 0.2) is 0 Å². The summed E-state index contributed by atoms with van der Waals surface area (Å²) in [7, 11) is 0. The standard InChI is InChI=1S/C14H21BrN2O/c1-4-6-11(7-5-2)14(18)17-13-10(3)8-12(15)9-16-13/h8-9,11H,4-7H2,1-3H3,(H,16,17,18). The zero-order chi connectivity index (χ0) is 13.5. The van der Waals surface area contributed by atoms with Crippen molar-refractivity contribution in [1.82, 2.24) is 4.98 Å². The van der Waals surface area contributed by atoms with Gasteiger partial charge >= 0.3 is 0 Å². The molecule has 0 unspecified atom stereocenters. The lowest BCUT2D eigenvalue weighted by atomic mass is 9.97. The molecule has 1 amide bonds. The summed E-state index contributed by atoms with van der Waals surface area (Å²) in [5.41, 5.74) is 0.976. The number of aryl methyl sites for hydroxylation is 1. The molecule has 1 aromatic heterocycles. The summed E-state index contributed by atoms with van der Waals surface area (Å²) in [6, 6.07) is 1.96. The molecule has 1 N–H and O–H groups in total. The Bertz CT molecular complexity index is 401. The van der Waals surface area contributed by atoms with Crippen molar-refractivity contribution in [3.63, 3.8) is 0 Å². The number of carbonyl (C=O) groups is 1. The average Bonchev–Trinajstić information content (AvgIpc) is 2.32. The van der Waals surface area contributed by atoms with E-state index in [4.69, 9.17) is 0 Å². The molecule has 4 heteroatoms. The highest BCUT2D eigenvalue weighted by molar-refractivity contribution is 9.10. The zero-order valence-electron chi connectivity index (χ0n) is 11.3. The minimum absolute atomic E-state index is 0.0941. The molecule has 0 saturated carbocycles. The first-order valence-corrected chi connectivity index (χ1v) is 7.30. The molecule has 0 aliphatic carbocycles. The van der Waals surface area contributed by atoms with Crippen LogP contribution in [-0.2, 0) is 4.79 Å². The molecule has 0 aromatic carbocycles. The minimum Gasteiger partial charge on any atom is -0.310 e. The number of aromatic nitrogens is 1. The monoisotopic (exact) mass is 312 g/mol. The number of pyridine rings is 1. The fraction of sp³-hybridized carbons (Fsp3) is 0.571. The first-order valence-electron chi connectivity index (χ1n) is 6.51. The van der Waals surface area contributed by atoms with Crippen LogP contribution in [0.1, 0.15) is 45.1 Å². The third-order valence-electron chi connectivity index (χ3n) is 2.93. The number of hydrogen-bond donors (Lipinski definition) is 1.